The molecule has 4 N–H and O–H groups in total. The summed E-state index contributed by atoms with van der Waals surface area (Å²) in [5, 5.41) is 14.3. The first-order chi connectivity index (χ1) is 13.0. The number of fused-ring (bicyclic) bond motifs is 1. The summed E-state index contributed by atoms with van der Waals surface area (Å²) in [5.41, 5.74) is 16.8. The zero-order valence-electron chi connectivity index (χ0n) is 14.6. The molecule has 0 atom stereocenters. The fourth-order valence-electron chi connectivity index (χ4n) is 2.92. The third-order valence-electron chi connectivity index (χ3n) is 4.31. The molecular formula is C19H16N8. The number of aryl methyl sites for hydroxylation is 1. The first-order valence-corrected chi connectivity index (χ1v) is 8.25. The van der Waals surface area contributed by atoms with Crippen LogP contribution in [-0.4, -0.2) is 24.7 Å². The molecule has 0 spiro atoms. The number of hydrogen-bond donors (Lipinski definition) is 2. The third-order valence-corrected chi connectivity index (χ3v) is 4.31. The molecule has 0 unspecified atom stereocenters. The van der Waals surface area contributed by atoms with Gasteiger partial charge in [0.15, 0.2) is 5.65 Å². The minimum atomic E-state index is 0.122. The van der Waals surface area contributed by atoms with Gasteiger partial charge < -0.3 is 11.5 Å². The maximum absolute atomic E-state index is 9.13. The Bertz CT molecular complexity index is 1200. The Morgan fingerprint density at radius 3 is 2.78 bits per heavy atom. The molecule has 1 aromatic carbocycles. The Morgan fingerprint density at radius 2 is 2.00 bits per heavy atom. The lowest BCUT2D eigenvalue weighted by molar-refractivity contribution is 0.704. The second-order valence-corrected chi connectivity index (χ2v) is 6.20. The van der Waals surface area contributed by atoms with Crippen molar-refractivity contribution in [1.82, 2.24) is 24.7 Å². The summed E-state index contributed by atoms with van der Waals surface area (Å²) >= 11 is 0. The van der Waals surface area contributed by atoms with Crippen LogP contribution in [0.1, 0.15) is 16.7 Å². The number of aromatic nitrogens is 5. The standard InChI is InChI=1S/C19H16N8/c1-11-6-13(2-3-15(11)21)10-27-18-14(9-24-27)17(25-19(22)26-18)16-7-12(8-20)4-5-23-16/h2-7,9H,10,21H2,1H3,(H2,22,25,26). The van der Waals surface area contributed by atoms with Crippen LogP contribution in [0.4, 0.5) is 11.6 Å². The van der Waals surface area contributed by atoms with Crippen molar-refractivity contribution in [2.24, 2.45) is 0 Å². The number of benzene rings is 1. The van der Waals surface area contributed by atoms with Crippen LogP contribution < -0.4 is 11.5 Å². The molecule has 0 aliphatic heterocycles. The minimum absolute atomic E-state index is 0.122. The minimum Gasteiger partial charge on any atom is -0.399 e. The number of nitriles is 1. The molecule has 4 aromatic rings. The van der Waals surface area contributed by atoms with E-state index in [0.717, 1.165) is 22.2 Å². The summed E-state index contributed by atoms with van der Waals surface area (Å²) in [4.78, 5) is 13.0. The molecule has 0 radical (unpaired) electrons. The van der Waals surface area contributed by atoms with Gasteiger partial charge in [-0.3, -0.25) is 4.98 Å². The van der Waals surface area contributed by atoms with E-state index in [2.05, 4.69) is 26.1 Å². The number of pyridine rings is 1. The summed E-state index contributed by atoms with van der Waals surface area (Å²) in [6.45, 7) is 2.48. The SMILES string of the molecule is Cc1cc(Cn2ncc3c(-c4cc(C#N)ccn4)nc(N)nc32)ccc1N. The second-order valence-electron chi connectivity index (χ2n) is 6.20. The second kappa shape index (κ2) is 6.38. The average molecular weight is 356 g/mol. The highest BCUT2D eigenvalue weighted by molar-refractivity contribution is 5.90. The number of nitrogen functional groups attached to an aromatic ring is 2. The van der Waals surface area contributed by atoms with Crippen molar-refractivity contribution >= 4 is 22.7 Å². The van der Waals surface area contributed by atoms with Gasteiger partial charge >= 0.3 is 0 Å². The molecule has 8 heteroatoms. The highest BCUT2D eigenvalue weighted by atomic mass is 15.3. The maximum atomic E-state index is 9.13. The summed E-state index contributed by atoms with van der Waals surface area (Å²) in [6, 6.07) is 11.3. The van der Waals surface area contributed by atoms with E-state index in [1.54, 1.807) is 29.2 Å². The van der Waals surface area contributed by atoms with Gasteiger partial charge in [-0.15, -0.1) is 0 Å². The Balaban J connectivity index is 1.82. The van der Waals surface area contributed by atoms with Crippen molar-refractivity contribution in [3.05, 3.63) is 59.4 Å². The fraction of sp³-hybridized carbons (Fsp3) is 0.105. The zero-order valence-corrected chi connectivity index (χ0v) is 14.6. The predicted molar refractivity (Wildman–Crippen MR) is 102 cm³/mol. The first-order valence-electron chi connectivity index (χ1n) is 8.25. The Labute approximate surface area is 155 Å². The molecule has 3 aromatic heterocycles. The summed E-state index contributed by atoms with van der Waals surface area (Å²) < 4.78 is 1.76. The van der Waals surface area contributed by atoms with E-state index >= 15 is 0 Å². The highest BCUT2D eigenvalue weighted by Gasteiger charge is 2.15. The van der Waals surface area contributed by atoms with Crippen LogP contribution in [-0.2, 0) is 6.54 Å². The van der Waals surface area contributed by atoms with Gasteiger partial charge in [-0.25, -0.2) is 9.67 Å². The Kier molecular flexibility index (Phi) is 3.90. The molecule has 0 saturated heterocycles. The molecule has 4 rings (SSSR count). The molecule has 132 valence electrons. The smallest absolute Gasteiger partial charge is 0.222 e. The van der Waals surface area contributed by atoms with Gasteiger partial charge in [0, 0.05) is 11.9 Å². The van der Waals surface area contributed by atoms with Gasteiger partial charge in [-0.2, -0.15) is 15.3 Å². The number of hydrogen-bond acceptors (Lipinski definition) is 7. The summed E-state index contributed by atoms with van der Waals surface area (Å²) in [5.74, 6) is 0.122. The lowest BCUT2D eigenvalue weighted by Crippen LogP contribution is -2.06. The number of rotatable bonds is 3. The van der Waals surface area contributed by atoms with Crippen molar-refractivity contribution in [3.8, 4) is 17.5 Å². The van der Waals surface area contributed by atoms with E-state index in [0.29, 0.717) is 29.1 Å². The molecule has 27 heavy (non-hydrogen) atoms. The lowest BCUT2D eigenvalue weighted by atomic mass is 10.1. The largest absolute Gasteiger partial charge is 0.399 e. The average Bonchev–Trinajstić information content (AvgIpc) is 3.06. The van der Waals surface area contributed by atoms with Gasteiger partial charge in [0.25, 0.3) is 0 Å². The van der Waals surface area contributed by atoms with Crippen LogP contribution in [0.3, 0.4) is 0 Å². The van der Waals surface area contributed by atoms with Crippen molar-refractivity contribution in [2.75, 3.05) is 11.5 Å². The topological polar surface area (TPSA) is 132 Å². The molecule has 0 amide bonds. The number of nitrogens with two attached hydrogens (primary N) is 2. The van der Waals surface area contributed by atoms with E-state index in [1.807, 2.05) is 25.1 Å². The summed E-state index contributed by atoms with van der Waals surface area (Å²) in [7, 11) is 0. The first kappa shape index (κ1) is 16.5. The Hall–Kier alpha value is -3.99. The van der Waals surface area contributed by atoms with Gasteiger partial charge in [0.2, 0.25) is 5.95 Å². The van der Waals surface area contributed by atoms with E-state index in [9.17, 15) is 0 Å². The molecule has 8 nitrogen and oxygen atoms in total. The van der Waals surface area contributed by atoms with Crippen LogP contribution in [0, 0.1) is 18.3 Å². The molecule has 0 aliphatic rings. The molecule has 0 aliphatic carbocycles. The van der Waals surface area contributed by atoms with Gasteiger partial charge in [0.1, 0.15) is 5.69 Å². The maximum Gasteiger partial charge on any atom is 0.222 e. The monoisotopic (exact) mass is 356 g/mol. The van der Waals surface area contributed by atoms with Crippen LogP contribution >= 0.6 is 0 Å². The highest BCUT2D eigenvalue weighted by Crippen LogP contribution is 2.26. The molecule has 0 fully saturated rings. The molecule has 3 heterocycles. The van der Waals surface area contributed by atoms with E-state index in [-0.39, 0.29) is 5.95 Å². The van der Waals surface area contributed by atoms with Crippen LogP contribution in [0.5, 0.6) is 0 Å². The van der Waals surface area contributed by atoms with Crippen molar-refractivity contribution in [2.45, 2.75) is 13.5 Å². The molecule has 0 saturated carbocycles. The fourth-order valence-corrected chi connectivity index (χ4v) is 2.92. The van der Waals surface area contributed by atoms with Gasteiger partial charge in [0.05, 0.1) is 35.5 Å². The van der Waals surface area contributed by atoms with Crippen molar-refractivity contribution in [3.63, 3.8) is 0 Å². The van der Waals surface area contributed by atoms with Gasteiger partial charge in [-0.05, 0) is 36.2 Å². The van der Waals surface area contributed by atoms with Crippen LogP contribution in [0.2, 0.25) is 0 Å². The third kappa shape index (κ3) is 3.02. The van der Waals surface area contributed by atoms with E-state index in [1.165, 1.54) is 0 Å². The van der Waals surface area contributed by atoms with Gasteiger partial charge in [-0.1, -0.05) is 12.1 Å². The van der Waals surface area contributed by atoms with E-state index < -0.39 is 0 Å². The Morgan fingerprint density at radius 1 is 1.15 bits per heavy atom. The number of anilines is 2. The predicted octanol–water partition coefficient (Wildman–Crippen LogP) is 2.28. The van der Waals surface area contributed by atoms with E-state index in [4.69, 9.17) is 16.7 Å². The molecule has 0 bridgehead atoms. The van der Waals surface area contributed by atoms with Crippen LogP contribution in [0.15, 0.2) is 42.7 Å². The van der Waals surface area contributed by atoms with Crippen molar-refractivity contribution < 1.29 is 0 Å². The quantitative estimate of drug-likeness (QED) is 0.538. The van der Waals surface area contributed by atoms with Crippen molar-refractivity contribution in [1.29, 1.82) is 5.26 Å². The lowest BCUT2D eigenvalue weighted by Gasteiger charge is -2.08. The summed E-state index contributed by atoms with van der Waals surface area (Å²) in [6.07, 6.45) is 3.26. The normalized spacial score (nSPS) is 10.8. The number of nitrogens with zero attached hydrogens (tertiary/aromatic N) is 6. The van der Waals surface area contributed by atoms with Crippen LogP contribution in [0.25, 0.3) is 22.4 Å². The molecular weight excluding hydrogens is 340 g/mol. The zero-order chi connectivity index (χ0) is 19.0.